The highest BCUT2D eigenvalue weighted by Crippen LogP contribution is 2.31. The smallest absolute Gasteiger partial charge is 0.313 e. The minimum atomic E-state index is -0.0961. The molecule has 1 rings (SSSR count). The van der Waals surface area contributed by atoms with Crippen LogP contribution in [0, 0.1) is 11.8 Å². The van der Waals surface area contributed by atoms with Gasteiger partial charge in [-0.15, -0.1) is 0 Å². The zero-order valence-electron chi connectivity index (χ0n) is 9.33. The van der Waals surface area contributed by atoms with Gasteiger partial charge in [0, 0.05) is 0 Å². The maximum Gasteiger partial charge on any atom is 0.313 e. The lowest BCUT2D eigenvalue weighted by Crippen LogP contribution is -2.27. The van der Waals surface area contributed by atoms with E-state index in [1.165, 1.54) is 5.57 Å². The first-order valence-corrected chi connectivity index (χ1v) is 5.09. The van der Waals surface area contributed by atoms with E-state index in [0.29, 0.717) is 6.61 Å². The summed E-state index contributed by atoms with van der Waals surface area (Å²) in [6.45, 7) is 8.41. The number of ether oxygens (including phenoxy) is 1. The predicted octanol–water partition coefficient (Wildman–Crippen LogP) is 2.71. The molecule has 0 aliphatic heterocycles. The van der Waals surface area contributed by atoms with E-state index in [1.807, 2.05) is 19.9 Å². The van der Waals surface area contributed by atoms with Gasteiger partial charge in [0.05, 0.1) is 12.5 Å². The molecule has 0 saturated carbocycles. The number of hydrogen-bond acceptors (Lipinski definition) is 2. The normalized spacial score (nSPS) is 26.6. The zero-order chi connectivity index (χ0) is 10.7. The van der Waals surface area contributed by atoms with Crippen molar-refractivity contribution in [1.29, 1.82) is 0 Å². The molecule has 2 nitrogen and oxygen atoms in total. The van der Waals surface area contributed by atoms with Gasteiger partial charge in [-0.25, -0.2) is 0 Å². The Bertz CT molecular complexity index is 287. The van der Waals surface area contributed by atoms with E-state index in [2.05, 4.69) is 19.9 Å². The molecule has 78 valence electrons. The lowest BCUT2D eigenvalue weighted by atomic mass is 9.79. The quantitative estimate of drug-likeness (QED) is 0.632. The molecule has 0 fully saturated rings. The van der Waals surface area contributed by atoms with Crippen LogP contribution >= 0.6 is 0 Å². The van der Waals surface area contributed by atoms with Crippen LogP contribution < -0.4 is 0 Å². The van der Waals surface area contributed by atoms with Crippen molar-refractivity contribution in [2.24, 2.45) is 11.8 Å². The molecule has 1 aliphatic rings. The summed E-state index contributed by atoms with van der Waals surface area (Å²) in [5.74, 6) is 0.0835. The molecule has 0 saturated heterocycles. The average Bonchev–Trinajstić information content (AvgIpc) is 2.13. The van der Waals surface area contributed by atoms with Crippen LogP contribution in [-0.4, -0.2) is 12.6 Å². The van der Waals surface area contributed by atoms with Gasteiger partial charge in [0.15, 0.2) is 0 Å². The topological polar surface area (TPSA) is 26.3 Å². The van der Waals surface area contributed by atoms with Crippen LogP contribution in [0.5, 0.6) is 0 Å². The van der Waals surface area contributed by atoms with E-state index in [9.17, 15) is 4.79 Å². The number of carbonyl (C=O) groups excluding carboxylic acids is 1. The Morgan fingerprint density at radius 1 is 1.36 bits per heavy atom. The SMILES string of the molecule is CCOC(=O)C1C(C)=CC=C(C)C1C. The van der Waals surface area contributed by atoms with Crippen molar-refractivity contribution in [1.82, 2.24) is 0 Å². The zero-order valence-corrected chi connectivity index (χ0v) is 9.33. The second-order valence-electron chi connectivity index (χ2n) is 3.84. The van der Waals surface area contributed by atoms with E-state index in [-0.39, 0.29) is 17.8 Å². The molecule has 0 N–H and O–H groups in total. The van der Waals surface area contributed by atoms with Crippen LogP contribution in [0.15, 0.2) is 23.3 Å². The van der Waals surface area contributed by atoms with Gasteiger partial charge in [0.1, 0.15) is 0 Å². The van der Waals surface area contributed by atoms with Gasteiger partial charge in [0.2, 0.25) is 0 Å². The van der Waals surface area contributed by atoms with Crippen LogP contribution in [0.1, 0.15) is 27.7 Å². The first-order valence-electron chi connectivity index (χ1n) is 5.09. The molecule has 14 heavy (non-hydrogen) atoms. The Balaban J connectivity index is 2.83. The molecule has 2 unspecified atom stereocenters. The van der Waals surface area contributed by atoms with Gasteiger partial charge in [-0.3, -0.25) is 4.79 Å². The van der Waals surface area contributed by atoms with Gasteiger partial charge >= 0.3 is 5.97 Å². The van der Waals surface area contributed by atoms with Crippen LogP contribution in [0.25, 0.3) is 0 Å². The molecule has 0 spiro atoms. The molecule has 0 amide bonds. The van der Waals surface area contributed by atoms with Crippen molar-refractivity contribution in [3.63, 3.8) is 0 Å². The molecule has 1 aliphatic carbocycles. The third-order valence-corrected chi connectivity index (χ3v) is 2.86. The van der Waals surface area contributed by atoms with Crippen molar-refractivity contribution in [2.45, 2.75) is 27.7 Å². The minimum absolute atomic E-state index is 0.0834. The number of carbonyl (C=O) groups is 1. The minimum Gasteiger partial charge on any atom is -0.466 e. The lowest BCUT2D eigenvalue weighted by Gasteiger charge is -2.26. The van der Waals surface area contributed by atoms with Crippen LogP contribution in [-0.2, 0) is 9.53 Å². The van der Waals surface area contributed by atoms with Crippen molar-refractivity contribution >= 4 is 5.97 Å². The Hall–Kier alpha value is -1.05. The lowest BCUT2D eigenvalue weighted by molar-refractivity contribution is -0.147. The summed E-state index contributed by atoms with van der Waals surface area (Å²) in [5, 5.41) is 0. The maximum absolute atomic E-state index is 11.7. The predicted molar refractivity (Wildman–Crippen MR) is 56.8 cm³/mol. The van der Waals surface area contributed by atoms with Crippen molar-refractivity contribution < 1.29 is 9.53 Å². The number of esters is 1. The summed E-state index contributed by atoms with van der Waals surface area (Å²) in [7, 11) is 0. The summed E-state index contributed by atoms with van der Waals surface area (Å²) in [6.07, 6.45) is 4.09. The molecule has 0 bridgehead atoms. The van der Waals surface area contributed by atoms with Crippen LogP contribution in [0.2, 0.25) is 0 Å². The molecule has 2 atom stereocenters. The molecule has 0 heterocycles. The van der Waals surface area contributed by atoms with Gasteiger partial charge < -0.3 is 4.74 Å². The Labute approximate surface area is 85.6 Å². The molecule has 0 radical (unpaired) electrons. The molecule has 0 aromatic carbocycles. The van der Waals surface area contributed by atoms with Crippen LogP contribution in [0.4, 0.5) is 0 Å². The van der Waals surface area contributed by atoms with Gasteiger partial charge in [-0.05, 0) is 26.7 Å². The van der Waals surface area contributed by atoms with E-state index < -0.39 is 0 Å². The third-order valence-electron chi connectivity index (χ3n) is 2.86. The molecule has 2 heteroatoms. The monoisotopic (exact) mass is 194 g/mol. The summed E-state index contributed by atoms with van der Waals surface area (Å²) in [6, 6.07) is 0. The van der Waals surface area contributed by atoms with Gasteiger partial charge in [0.25, 0.3) is 0 Å². The fourth-order valence-corrected chi connectivity index (χ4v) is 1.80. The number of rotatable bonds is 2. The molecule has 0 aromatic rings. The summed E-state index contributed by atoms with van der Waals surface area (Å²) in [4.78, 5) is 11.7. The third kappa shape index (κ3) is 2.06. The summed E-state index contributed by atoms with van der Waals surface area (Å²) >= 11 is 0. The fraction of sp³-hybridized carbons (Fsp3) is 0.583. The highest BCUT2D eigenvalue weighted by atomic mass is 16.5. The standard InChI is InChI=1S/C12H18O2/c1-5-14-12(13)11-9(3)7-6-8(2)10(11)4/h6-7,10-11H,5H2,1-4H3. The van der Waals surface area contributed by atoms with E-state index in [1.54, 1.807) is 0 Å². The second kappa shape index (κ2) is 4.45. The summed E-state index contributed by atoms with van der Waals surface area (Å²) in [5.41, 5.74) is 2.34. The van der Waals surface area contributed by atoms with Crippen molar-refractivity contribution in [2.75, 3.05) is 6.61 Å². The molecular weight excluding hydrogens is 176 g/mol. The van der Waals surface area contributed by atoms with E-state index >= 15 is 0 Å². The van der Waals surface area contributed by atoms with E-state index in [4.69, 9.17) is 4.74 Å². The van der Waals surface area contributed by atoms with E-state index in [0.717, 1.165) is 5.57 Å². The number of allylic oxidation sites excluding steroid dienone is 3. The Morgan fingerprint density at radius 2 is 1.93 bits per heavy atom. The highest BCUT2D eigenvalue weighted by molar-refractivity contribution is 5.77. The molecule has 0 aromatic heterocycles. The summed E-state index contributed by atoms with van der Waals surface area (Å²) < 4.78 is 5.06. The van der Waals surface area contributed by atoms with Crippen molar-refractivity contribution in [3.8, 4) is 0 Å². The highest BCUT2D eigenvalue weighted by Gasteiger charge is 2.30. The fourth-order valence-electron chi connectivity index (χ4n) is 1.80. The average molecular weight is 194 g/mol. The van der Waals surface area contributed by atoms with Crippen LogP contribution in [0.3, 0.4) is 0 Å². The number of hydrogen-bond donors (Lipinski definition) is 0. The molecular formula is C12H18O2. The first kappa shape index (κ1) is 11.0. The Morgan fingerprint density at radius 3 is 2.50 bits per heavy atom. The largest absolute Gasteiger partial charge is 0.466 e. The second-order valence-corrected chi connectivity index (χ2v) is 3.84. The Kier molecular flexibility index (Phi) is 3.50. The van der Waals surface area contributed by atoms with Gasteiger partial charge in [-0.1, -0.05) is 30.2 Å². The first-order chi connectivity index (χ1) is 6.57. The maximum atomic E-state index is 11.7. The van der Waals surface area contributed by atoms with Crippen molar-refractivity contribution in [3.05, 3.63) is 23.3 Å². The van der Waals surface area contributed by atoms with Gasteiger partial charge in [-0.2, -0.15) is 0 Å².